The Balaban J connectivity index is 1.90. The van der Waals surface area contributed by atoms with E-state index in [4.69, 9.17) is 11.6 Å². The molecule has 2 aromatic carbocycles. The number of nitrogens with one attached hydrogen (secondary N) is 1. The second kappa shape index (κ2) is 9.53. The van der Waals surface area contributed by atoms with E-state index in [0.717, 1.165) is 10.7 Å². The third kappa shape index (κ3) is 5.95. The standard InChI is InChI=1S/C20H15ClF3N3O4S/c21-11-4-3-5-12(8-11)27-17(28)9-15(26-27)19(31)25-14(10-18(29)30)13-6-1-2-7-16(13)32-20(22,23)24/h1-9,14,28H,10H2,(H,25,31)(H,29,30). The van der Waals surface area contributed by atoms with Gasteiger partial charge in [0.15, 0.2) is 5.69 Å². The van der Waals surface area contributed by atoms with Crippen LogP contribution < -0.4 is 5.32 Å². The highest BCUT2D eigenvalue weighted by Crippen LogP contribution is 2.40. The lowest BCUT2D eigenvalue weighted by atomic mass is 10.0. The predicted octanol–water partition coefficient (Wildman–Crippen LogP) is 4.79. The Morgan fingerprint density at radius 1 is 1.16 bits per heavy atom. The predicted molar refractivity (Wildman–Crippen MR) is 111 cm³/mol. The van der Waals surface area contributed by atoms with E-state index < -0.39 is 41.6 Å². The maximum Gasteiger partial charge on any atom is 0.446 e. The molecule has 0 fully saturated rings. The first-order valence-electron chi connectivity index (χ1n) is 8.96. The van der Waals surface area contributed by atoms with E-state index in [1.54, 1.807) is 18.2 Å². The number of rotatable bonds is 7. The van der Waals surface area contributed by atoms with Crippen LogP contribution in [-0.4, -0.2) is 37.4 Å². The number of hydrogen-bond acceptors (Lipinski definition) is 5. The van der Waals surface area contributed by atoms with E-state index in [1.165, 1.54) is 30.3 Å². The molecule has 32 heavy (non-hydrogen) atoms. The van der Waals surface area contributed by atoms with Gasteiger partial charge in [0.1, 0.15) is 0 Å². The minimum atomic E-state index is -4.60. The van der Waals surface area contributed by atoms with Crippen LogP contribution in [0.15, 0.2) is 59.5 Å². The number of halogens is 4. The molecule has 3 aromatic rings. The molecule has 3 rings (SSSR count). The molecule has 1 heterocycles. The molecule has 12 heteroatoms. The van der Waals surface area contributed by atoms with Crippen LogP contribution in [0.4, 0.5) is 13.2 Å². The van der Waals surface area contributed by atoms with Crippen LogP contribution in [0.3, 0.4) is 0 Å². The number of aliphatic carboxylic acids is 1. The van der Waals surface area contributed by atoms with E-state index >= 15 is 0 Å². The maximum absolute atomic E-state index is 12.9. The third-order valence-corrected chi connectivity index (χ3v) is 5.24. The number of amides is 1. The number of carbonyl (C=O) groups excluding carboxylic acids is 1. The van der Waals surface area contributed by atoms with Crippen LogP contribution in [0.2, 0.25) is 5.02 Å². The van der Waals surface area contributed by atoms with Gasteiger partial charge in [-0.25, -0.2) is 4.68 Å². The van der Waals surface area contributed by atoms with Crippen molar-refractivity contribution >= 4 is 35.2 Å². The van der Waals surface area contributed by atoms with Gasteiger partial charge in [0.25, 0.3) is 5.91 Å². The van der Waals surface area contributed by atoms with Gasteiger partial charge in [-0.1, -0.05) is 35.9 Å². The minimum Gasteiger partial charge on any atom is -0.493 e. The molecule has 0 aliphatic heterocycles. The van der Waals surface area contributed by atoms with Gasteiger partial charge in [-0.2, -0.15) is 18.3 Å². The van der Waals surface area contributed by atoms with Crippen molar-refractivity contribution in [2.45, 2.75) is 22.9 Å². The molecule has 0 aliphatic carbocycles. The normalized spacial score (nSPS) is 12.4. The molecular formula is C20H15ClF3N3O4S. The Labute approximate surface area is 188 Å². The number of benzene rings is 2. The van der Waals surface area contributed by atoms with Gasteiger partial charge in [0, 0.05) is 16.0 Å². The van der Waals surface area contributed by atoms with E-state index in [-0.39, 0.29) is 22.0 Å². The van der Waals surface area contributed by atoms with Crippen LogP contribution in [0, 0.1) is 0 Å². The molecule has 3 N–H and O–H groups in total. The quantitative estimate of drug-likeness (QED) is 0.416. The highest BCUT2D eigenvalue weighted by molar-refractivity contribution is 8.00. The second-order valence-electron chi connectivity index (χ2n) is 6.49. The minimum absolute atomic E-state index is 0.0101. The number of aromatic hydroxyl groups is 1. The number of carboxylic acid groups (broad SMARTS) is 1. The lowest BCUT2D eigenvalue weighted by Crippen LogP contribution is -2.31. The largest absolute Gasteiger partial charge is 0.493 e. The molecule has 7 nitrogen and oxygen atoms in total. The summed E-state index contributed by atoms with van der Waals surface area (Å²) in [5.74, 6) is -2.59. The molecule has 0 saturated carbocycles. The molecule has 0 bridgehead atoms. The Kier molecular flexibility index (Phi) is 6.99. The van der Waals surface area contributed by atoms with Gasteiger partial charge in [-0.15, -0.1) is 0 Å². The number of nitrogens with zero attached hydrogens (tertiary/aromatic N) is 2. The summed E-state index contributed by atoms with van der Waals surface area (Å²) < 4.78 is 39.8. The number of aromatic nitrogens is 2. The fourth-order valence-corrected chi connectivity index (χ4v) is 3.82. The van der Waals surface area contributed by atoms with Crippen LogP contribution >= 0.6 is 23.4 Å². The smallest absolute Gasteiger partial charge is 0.446 e. The second-order valence-corrected chi connectivity index (χ2v) is 8.03. The zero-order valence-electron chi connectivity index (χ0n) is 16.0. The van der Waals surface area contributed by atoms with Crippen LogP contribution in [0.5, 0.6) is 5.88 Å². The fraction of sp³-hybridized carbons (Fsp3) is 0.150. The average Bonchev–Trinajstić information content (AvgIpc) is 3.08. The molecule has 0 aliphatic rings. The van der Waals surface area contributed by atoms with Crippen LogP contribution in [0.25, 0.3) is 5.69 Å². The van der Waals surface area contributed by atoms with Gasteiger partial charge in [-0.3, -0.25) is 9.59 Å². The van der Waals surface area contributed by atoms with Crippen molar-refractivity contribution in [3.63, 3.8) is 0 Å². The summed E-state index contributed by atoms with van der Waals surface area (Å²) in [5, 5.41) is 26.1. The topological polar surface area (TPSA) is 104 Å². The molecule has 1 unspecified atom stereocenters. The van der Waals surface area contributed by atoms with Gasteiger partial charge in [0.05, 0.1) is 18.2 Å². The number of hydrogen-bond donors (Lipinski definition) is 3. The summed E-state index contributed by atoms with van der Waals surface area (Å²) in [4.78, 5) is 23.8. The first-order chi connectivity index (χ1) is 15.0. The molecule has 1 aromatic heterocycles. The van der Waals surface area contributed by atoms with Gasteiger partial charge < -0.3 is 15.5 Å². The highest BCUT2D eigenvalue weighted by Gasteiger charge is 2.32. The van der Waals surface area contributed by atoms with E-state index in [1.807, 2.05) is 0 Å². The van der Waals surface area contributed by atoms with Crippen molar-refractivity contribution in [1.82, 2.24) is 15.1 Å². The Morgan fingerprint density at radius 3 is 2.53 bits per heavy atom. The van der Waals surface area contributed by atoms with Crippen molar-refractivity contribution in [2.24, 2.45) is 0 Å². The number of thioether (sulfide) groups is 1. The molecule has 0 radical (unpaired) electrons. The Bertz CT molecular complexity index is 1150. The molecule has 0 spiro atoms. The molecule has 1 amide bonds. The van der Waals surface area contributed by atoms with Gasteiger partial charge >= 0.3 is 11.5 Å². The zero-order valence-corrected chi connectivity index (χ0v) is 17.6. The van der Waals surface area contributed by atoms with Crippen LogP contribution in [-0.2, 0) is 4.79 Å². The van der Waals surface area contributed by atoms with E-state index in [0.29, 0.717) is 10.7 Å². The van der Waals surface area contributed by atoms with Crippen LogP contribution in [0.1, 0.15) is 28.5 Å². The molecule has 168 valence electrons. The van der Waals surface area contributed by atoms with Crippen molar-refractivity contribution in [2.75, 3.05) is 0 Å². The number of alkyl halides is 3. The first-order valence-corrected chi connectivity index (χ1v) is 10.2. The third-order valence-electron chi connectivity index (χ3n) is 4.18. The lowest BCUT2D eigenvalue weighted by Gasteiger charge is -2.20. The van der Waals surface area contributed by atoms with Crippen molar-refractivity contribution in [3.05, 3.63) is 70.9 Å². The molecule has 0 saturated heterocycles. The summed E-state index contributed by atoms with van der Waals surface area (Å²) in [5.41, 5.74) is -4.51. The number of carbonyl (C=O) groups is 2. The molecule has 1 atom stereocenters. The summed E-state index contributed by atoms with van der Waals surface area (Å²) in [6.45, 7) is 0. The lowest BCUT2D eigenvalue weighted by molar-refractivity contribution is -0.137. The summed E-state index contributed by atoms with van der Waals surface area (Å²) in [6, 6.07) is 11.4. The van der Waals surface area contributed by atoms with Crippen molar-refractivity contribution in [3.8, 4) is 11.6 Å². The van der Waals surface area contributed by atoms with Crippen molar-refractivity contribution in [1.29, 1.82) is 0 Å². The fourth-order valence-electron chi connectivity index (χ4n) is 2.91. The summed E-state index contributed by atoms with van der Waals surface area (Å²) >= 11 is 5.52. The zero-order chi connectivity index (χ0) is 23.5. The summed E-state index contributed by atoms with van der Waals surface area (Å²) in [7, 11) is 0. The van der Waals surface area contributed by atoms with Gasteiger partial charge in [-0.05, 0) is 41.6 Å². The van der Waals surface area contributed by atoms with Gasteiger partial charge in [0.2, 0.25) is 5.88 Å². The summed E-state index contributed by atoms with van der Waals surface area (Å²) in [6.07, 6.45) is -0.665. The monoisotopic (exact) mass is 485 g/mol. The molecular weight excluding hydrogens is 471 g/mol. The average molecular weight is 486 g/mol. The highest BCUT2D eigenvalue weighted by atomic mass is 35.5. The Morgan fingerprint density at radius 2 is 1.88 bits per heavy atom. The Hall–Kier alpha value is -3.18. The van der Waals surface area contributed by atoms with Crippen molar-refractivity contribution < 1.29 is 33.0 Å². The SMILES string of the molecule is O=C(O)CC(NC(=O)c1cc(O)n(-c2cccc(Cl)c2)n1)c1ccccc1SC(F)(F)F. The first kappa shape index (κ1) is 23.5. The van der Waals surface area contributed by atoms with E-state index in [2.05, 4.69) is 10.4 Å². The number of carboxylic acids is 1. The van der Waals surface area contributed by atoms with E-state index in [9.17, 15) is 33.0 Å². The maximum atomic E-state index is 12.9.